The highest BCUT2D eigenvalue weighted by Gasteiger charge is 2.28. The average molecular weight is 281 g/mol. The van der Waals surface area contributed by atoms with Gasteiger partial charge in [0.1, 0.15) is 0 Å². The second kappa shape index (κ2) is 6.07. The third-order valence-electron chi connectivity index (χ3n) is 3.16. The normalized spacial score (nSPS) is 11.7. The van der Waals surface area contributed by atoms with Crippen LogP contribution < -0.4 is 5.32 Å². The SMILES string of the molecule is Cc1c(C(=O)NCC(C)(C)C(=O)O)cnn1CC(C)C. The van der Waals surface area contributed by atoms with Gasteiger partial charge in [-0.3, -0.25) is 14.3 Å². The Kier molecular flexibility index (Phi) is 4.92. The van der Waals surface area contributed by atoms with Crippen LogP contribution in [0.15, 0.2) is 6.20 Å². The quantitative estimate of drug-likeness (QED) is 0.831. The molecule has 6 nitrogen and oxygen atoms in total. The van der Waals surface area contributed by atoms with Crippen LogP contribution >= 0.6 is 0 Å². The zero-order valence-electron chi connectivity index (χ0n) is 12.7. The zero-order valence-corrected chi connectivity index (χ0v) is 12.7. The van der Waals surface area contributed by atoms with Gasteiger partial charge in [-0.15, -0.1) is 0 Å². The first kappa shape index (κ1) is 16.2. The predicted octanol–water partition coefficient (Wildman–Crippen LogP) is 1.69. The van der Waals surface area contributed by atoms with Crippen LogP contribution in [0.25, 0.3) is 0 Å². The monoisotopic (exact) mass is 281 g/mol. The molecule has 0 aliphatic heterocycles. The molecule has 0 aliphatic rings. The van der Waals surface area contributed by atoms with Crippen LogP contribution in [0.1, 0.15) is 43.7 Å². The molecule has 0 radical (unpaired) electrons. The van der Waals surface area contributed by atoms with Gasteiger partial charge in [-0.2, -0.15) is 5.10 Å². The van der Waals surface area contributed by atoms with E-state index >= 15 is 0 Å². The lowest BCUT2D eigenvalue weighted by molar-refractivity contribution is -0.146. The van der Waals surface area contributed by atoms with E-state index in [2.05, 4.69) is 24.3 Å². The number of hydrogen-bond donors (Lipinski definition) is 2. The van der Waals surface area contributed by atoms with Crippen molar-refractivity contribution >= 4 is 11.9 Å². The molecule has 0 fully saturated rings. The molecular weight excluding hydrogens is 258 g/mol. The number of aliphatic carboxylic acids is 1. The number of nitrogens with one attached hydrogen (secondary N) is 1. The zero-order chi connectivity index (χ0) is 15.5. The molecule has 0 atom stereocenters. The lowest BCUT2D eigenvalue weighted by atomic mass is 9.94. The largest absolute Gasteiger partial charge is 0.481 e. The molecule has 1 rings (SSSR count). The average Bonchev–Trinajstić information content (AvgIpc) is 2.67. The first-order valence-corrected chi connectivity index (χ1v) is 6.69. The van der Waals surface area contributed by atoms with Crippen molar-refractivity contribution in [3.05, 3.63) is 17.5 Å². The minimum Gasteiger partial charge on any atom is -0.481 e. The molecule has 0 aromatic carbocycles. The van der Waals surface area contributed by atoms with E-state index in [0.29, 0.717) is 11.5 Å². The van der Waals surface area contributed by atoms with Crippen molar-refractivity contribution in [3.63, 3.8) is 0 Å². The standard InChI is InChI=1S/C14H23N3O3/c1-9(2)7-17-10(3)11(6-16-17)12(18)15-8-14(4,5)13(19)20/h6,9H,7-8H2,1-5H3,(H,15,18)(H,19,20). The summed E-state index contributed by atoms with van der Waals surface area (Å²) in [6.45, 7) is 9.98. The molecule has 1 aromatic rings. The molecule has 1 amide bonds. The molecule has 112 valence electrons. The summed E-state index contributed by atoms with van der Waals surface area (Å²) in [5.74, 6) is -0.785. The highest BCUT2D eigenvalue weighted by atomic mass is 16.4. The van der Waals surface area contributed by atoms with E-state index in [-0.39, 0.29) is 12.5 Å². The molecule has 0 spiro atoms. The fraction of sp³-hybridized carbons (Fsp3) is 0.643. The van der Waals surface area contributed by atoms with Gasteiger partial charge in [0.25, 0.3) is 5.91 Å². The van der Waals surface area contributed by atoms with Crippen molar-refractivity contribution in [1.82, 2.24) is 15.1 Å². The number of carboxylic acids is 1. The van der Waals surface area contributed by atoms with Gasteiger partial charge in [0.05, 0.1) is 17.2 Å². The number of nitrogens with zero attached hydrogens (tertiary/aromatic N) is 2. The van der Waals surface area contributed by atoms with Crippen LogP contribution in [-0.4, -0.2) is 33.3 Å². The minimum absolute atomic E-state index is 0.0793. The van der Waals surface area contributed by atoms with Crippen LogP contribution in [0, 0.1) is 18.3 Å². The van der Waals surface area contributed by atoms with E-state index < -0.39 is 11.4 Å². The van der Waals surface area contributed by atoms with E-state index in [0.717, 1.165) is 12.2 Å². The second-order valence-electron chi connectivity index (χ2n) is 6.09. The van der Waals surface area contributed by atoms with Crippen molar-refractivity contribution in [3.8, 4) is 0 Å². The lowest BCUT2D eigenvalue weighted by Gasteiger charge is -2.19. The van der Waals surface area contributed by atoms with Crippen LogP contribution in [-0.2, 0) is 11.3 Å². The minimum atomic E-state index is -0.989. The molecule has 0 unspecified atom stereocenters. The lowest BCUT2D eigenvalue weighted by Crippen LogP contribution is -2.39. The summed E-state index contributed by atoms with van der Waals surface area (Å²) < 4.78 is 1.79. The van der Waals surface area contributed by atoms with E-state index in [1.807, 2.05) is 6.92 Å². The van der Waals surface area contributed by atoms with Crippen molar-refractivity contribution in [2.45, 2.75) is 41.2 Å². The number of carboxylic acid groups (broad SMARTS) is 1. The summed E-state index contributed by atoms with van der Waals surface area (Å²) >= 11 is 0. The molecular formula is C14H23N3O3. The molecule has 0 saturated heterocycles. The Morgan fingerprint density at radius 2 is 2.05 bits per heavy atom. The Morgan fingerprint density at radius 1 is 1.45 bits per heavy atom. The maximum atomic E-state index is 12.1. The van der Waals surface area contributed by atoms with Crippen LogP contribution in [0.5, 0.6) is 0 Å². The van der Waals surface area contributed by atoms with Crippen LogP contribution in [0.3, 0.4) is 0 Å². The van der Waals surface area contributed by atoms with Crippen molar-refractivity contribution in [1.29, 1.82) is 0 Å². The number of carbonyl (C=O) groups excluding carboxylic acids is 1. The van der Waals surface area contributed by atoms with Gasteiger partial charge in [0, 0.05) is 18.8 Å². The van der Waals surface area contributed by atoms with E-state index in [9.17, 15) is 9.59 Å². The molecule has 2 N–H and O–H groups in total. The summed E-state index contributed by atoms with van der Waals surface area (Å²) in [5, 5.41) is 15.9. The number of carbonyl (C=O) groups is 2. The van der Waals surface area contributed by atoms with Gasteiger partial charge in [0.2, 0.25) is 0 Å². The highest BCUT2D eigenvalue weighted by molar-refractivity contribution is 5.95. The Hall–Kier alpha value is -1.85. The Morgan fingerprint density at radius 3 is 2.55 bits per heavy atom. The number of aromatic nitrogens is 2. The topological polar surface area (TPSA) is 84.2 Å². The smallest absolute Gasteiger partial charge is 0.310 e. The fourth-order valence-electron chi connectivity index (χ4n) is 1.67. The summed E-state index contributed by atoms with van der Waals surface area (Å²) in [7, 11) is 0. The van der Waals surface area contributed by atoms with Gasteiger partial charge in [-0.25, -0.2) is 0 Å². The van der Waals surface area contributed by atoms with Gasteiger partial charge in [-0.05, 0) is 26.7 Å². The Balaban J connectivity index is 2.74. The van der Waals surface area contributed by atoms with Gasteiger partial charge < -0.3 is 10.4 Å². The molecule has 1 aromatic heterocycles. The van der Waals surface area contributed by atoms with Crippen molar-refractivity contribution in [2.75, 3.05) is 6.54 Å². The predicted molar refractivity (Wildman–Crippen MR) is 75.6 cm³/mol. The molecule has 1 heterocycles. The van der Waals surface area contributed by atoms with Crippen molar-refractivity contribution < 1.29 is 14.7 Å². The van der Waals surface area contributed by atoms with E-state index in [4.69, 9.17) is 5.11 Å². The Labute approximate surface area is 119 Å². The highest BCUT2D eigenvalue weighted by Crippen LogP contribution is 2.14. The van der Waals surface area contributed by atoms with Gasteiger partial charge in [-0.1, -0.05) is 13.8 Å². The Bertz CT molecular complexity index is 504. The van der Waals surface area contributed by atoms with Gasteiger partial charge >= 0.3 is 5.97 Å². The first-order valence-electron chi connectivity index (χ1n) is 6.69. The molecule has 20 heavy (non-hydrogen) atoms. The summed E-state index contributed by atoms with van der Waals surface area (Å²) in [6, 6.07) is 0. The maximum absolute atomic E-state index is 12.1. The summed E-state index contributed by atoms with van der Waals surface area (Å²) in [4.78, 5) is 23.1. The number of amides is 1. The van der Waals surface area contributed by atoms with Gasteiger partial charge in [0.15, 0.2) is 0 Å². The maximum Gasteiger partial charge on any atom is 0.310 e. The van der Waals surface area contributed by atoms with E-state index in [1.54, 1.807) is 18.5 Å². The molecule has 6 heteroatoms. The third-order valence-corrected chi connectivity index (χ3v) is 3.16. The van der Waals surface area contributed by atoms with E-state index in [1.165, 1.54) is 6.20 Å². The summed E-state index contributed by atoms with van der Waals surface area (Å²) in [6.07, 6.45) is 1.53. The third kappa shape index (κ3) is 3.82. The number of rotatable bonds is 6. The molecule has 0 saturated carbocycles. The van der Waals surface area contributed by atoms with Crippen LogP contribution in [0.4, 0.5) is 0 Å². The fourth-order valence-corrected chi connectivity index (χ4v) is 1.67. The molecule has 0 aliphatic carbocycles. The van der Waals surface area contributed by atoms with Crippen molar-refractivity contribution in [2.24, 2.45) is 11.3 Å². The first-order chi connectivity index (χ1) is 9.15. The molecule has 0 bridgehead atoms. The second-order valence-corrected chi connectivity index (χ2v) is 6.09. The van der Waals surface area contributed by atoms with Crippen LogP contribution in [0.2, 0.25) is 0 Å². The number of hydrogen-bond acceptors (Lipinski definition) is 3. The summed E-state index contributed by atoms with van der Waals surface area (Å²) in [5.41, 5.74) is 0.300.